The number of carboxylic acids is 2. The van der Waals surface area contributed by atoms with E-state index in [2.05, 4.69) is 5.32 Å². The van der Waals surface area contributed by atoms with Gasteiger partial charge in [0.2, 0.25) is 6.79 Å². The maximum Gasteiger partial charge on any atom is 0.416 e. The molecule has 0 radical (unpaired) electrons. The second kappa shape index (κ2) is 9.09. The first-order valence-electron chi connectivity index (χ1n) is 7.89. The van der Waals surface area contributed by atoms with E-state index in [1.54, 1.807) is 12.1 Å². The molecule has 3 N–H and O–H groups in total. The molecule has 1 aliphatic rings. The van der Waals surface area contributed by atoms with Gasteiger partial charge in [-0.1, -0.05) is 24.3 Å². The van der Waals surface area contributed by atoms with Crippen molar-refractivity contribution in [2.45, 2.75) is 19.3 Å². The lowest BCUT2D eigenvalue weighted by molar-refractivity contribution is -0.159. The van der Waals surface area contributed by atoms with Crippen molar-refractivity contribution >= 4 is 11.9 Å². The Labute approximate surface area is 157 Å². The van der Waals surface area contributed by atoms with E-state index in [9.17, 15) is 13.2 Å². The minimum atomic E-state index is -4.34. The van der Waals surface area contributed by atoms with Crippen molar-refractivity contribution in [2.75, 3.05) is 6.79 Å². The summed E-state index contributed by atoms with van der Waals surface area (Å²) in [5, 5.41) is 17.8. The summed E-state index contributed by atoms with van der Waals surface area (Å²) in [6.45, 7) is 0.790. The van der Waals surface area contributed by atoms with E-state index >= 15 is 0 Å². The number of nitrogens with one attached hydrogen (secondary N) is 1. The highest BCUT2D eigenvalue weighted by molar-refractivity contribution is 6.27. The van der Waals surface area contributed by atoms with Crippen LogP contribution in [-0.2, 0) is 28.9 Å². The van der Waals surface area contributed by atoms with Gasteiger partial charge in [0.05, 0.1) is 5.56 Å². The predicted octanol–water partition coefficient (Wildman–Crippen LogP) is 2.88. The molecule has 0 aliphatic carbocycles. The third kappa shape index (κ3) is 5.88. The summed E-state index contributed by atoms with van der Waals surface area (Å²) < 4.78 is 49.2. The average molecular weight is 399 g/mol. The van der Waals surface area contributed by atoms with E-state index in [1.807, 2.05) is 12.1 Å². The first kappa shape index (κ1) is 21.0. The molecule has 1 aliphatic heterocycles. The van der Waals surface area contributed by atoms with Gasteiger partial charge >= 0.3 is 18.1 Å². The Balaban J connectivity index is 0.000000409. The molecule has 2 aromatic rings. The molecule has 150 valence electrons. The summed E-state index contributed by atoms with van der Waals surface area (Å²) in [6, 6.07) is 11.0. The molecule has 2 aromatic carbocycles. The molecule has 1 heterocycles. The Kier molecular flexibility index (Phi) is 6.83. The second-order valence-electron chi connectivity index (χ2n) is 5.56. The maximum atomic E-state index is 12.9. The van der Waals surface area contributed by atoms with Crippen LogP contribution in [0, 0.1) is 0 Å². The molecule has 28 heavy (non-hydrogen) atoms. The summed E-state index contributed by atoms with van der Waals surface area (Å²) in [5.41, 5.74) is 0.553. The first-order valence-corrected chi connectivity index (χ1v) is 7.89. The molecule has 0 atom stereocenters. The standard InChI is InChI=1S/C16H14F3NO2.C2H2O4/c17-16(18,19)13-4-2-1-3-12(13)9-20-8-11-5-6-14-15(7-11)22-10-21-14;3-1(4)2(5)6/h1-7,20H,8-10H2;(H,3,4)(H,5,6). The molecule has 0 amide bonds. The SMILES string of the molecule is FC(F)(F)c1ccccc1CNCc1ccc2c(c1)OCO2.O=C(O)C(=O)O. The Morgan fingerprint density at radius 3 is 2.25 bits per heavy atom. The van der Waals surface area contributed by atoms with Gasteiger partial charge in [-0.05, 0) is 29.3 Å². The van der Waals surface area contributed by atoms with Crippen LogP contribution in [0.1, 0.15) is 16.7 Å². The number of carboxylic acid groups (broad SMARTS) is 2. The van der Waals surface area contributed by atoms with E-state index in [4.69, 9.17) is 29.3 Å². The number of benzene rings is 2. The Bertz CT molecular complexity index is 841. The second-order valence-corrected chi connectivity index (χ2v) is 5.56. The van der Waals surface area contributed by atoms with Gasteiger partial charge in [0.25, 0.3) is 0 Å². The van der Waals surface area contributed by atoms with Gasteiger partial charge in [0.15, 0.2) is 11.5 Å². The third-order valence-electron chi connectivity index (χ3n) is 3.59. The van der Waals surface area contributed by atoms with Crippen molar-refractivity contribution in [1.82, 2.24) is 5.32 Å². The number of hydrogen-bond acceptors (Lipinski definition) is 5. The molecule has 0 fully saturated rings. The van der Waals surface area contributed by atoms with Crippen LogP contribution in [0.3, 0.4) is 0 Å². The lowest BCUT2D eigenvalue weighted by Gasteiger charge is -2.13. The van der Waals surface area contributed by atoms with Gasteiger partial charge in [0, 0.05) is 13.1 Å². The maximum absolute atomic E-state index is 12.9. The fourth-order valence-electron chi connectivity index (χ4n) is 2.34. The Morgan fingerprint density at radius 1 is 0.964 bits per heavy atom. The zero-order chi connectivity index (χ0) is 20.7. The topological polar surface area (TPSA) is 105 Å². The molecule has 0 saturated heterocycles. The third-order valence-corrected chi connectivity index (χ3v) is 3.59. The van der Waals surface area contributed by atoms with Crippen molar-refractivity contribution in [2.24, 2.45) is 0 Å². The summed E-state index contributed by atoms with van der Waals surface area (Å²) in [4.78, 5) is 18.2. The predicted molar refractivity (Wildman–Crippen MR) is 89.8 cm³/mol. The number of halogens is 3. The quantitative estimate of drug-likeness (QED) is 0.679. The molecule has 0 unspecified atom stereocenters. The van der Waals surface area contributed by atoms with Crippen molar-refractivity contribution in [1.29, 1.82) is 0 Å². The monoisotopic (exact) mass is 399 g/mol. The van der Waals surface area contributed by atoms with Gasteiger partial charge in [-0.3, -0.25) is 0 Å². The van der Waals surface area contributed by atoms with Crippen LogP contribution in [0.25, 0.3) is 0 Å². The summed E-state index contributed by atoms with van der Waals surface area (Å²) in [6.07, 6.45) is -4.34. The lowest BCUT2D eigenvalue weighted by atomic mass is 10.1. The van der Waals surface area contributed by atoms with Gasteiger partial charge in [-0.15, -0.1) is 0 Å². The molecule has 3 rings (SSSR count). The van der Waals surface area contributed by atoms with Crippen LogP contribution < -0.4 is 14.8 Å². The zero-order valence-corrected chi connectivity index (χ0v) is 14.3. The van der Waals surface area contributed by atoms with Gasteiger partial charge < -0.3 is 25.0 Å². The van der Waals surface area contributed by atoms with Gasteiger partial charge in [-0.25, -0.2) is 9.59 Å². The summed E-state index contributed by atoms with van der Waals surface area (Å²) >= 11 is 0. The van der Waals surface area contributed by atoms with Gasteiger partial charge in [-0.2, -0.15) is 13.2 Å². The summed E-state index contributed by atoms with van der Waals surface area (Å²) in [7, 11) is 0. The highest BCUT2D eigenvalue weighted by atomic mass is 19.4. The van der Waals surface area contributed by atoms with Crippen LogP contribution in [0.5, 0.6) is 11.5 Å². The zero-order valence-electron chi connectivity index (χ0n) is 14.3. The number of hydrogen-bond donors (Lipinski definition) is 3. The molecule has 10 heteroatoms. The van der Waals surface area contributed by atoms with Crippen LogP contribution in [0.4, 0.5) is 13.2 Å². The smallest absolute Gasteiger partial charge is 0.416 e. The molecular formula is C18H16F3NO6. The van der Waals surface area contributed by atoms with Crippen molar-refractivity contribution < 1.29 is 42.4 Å². The molecule has 0 saturated carbocycles. The normalized spacial score (nSPS) is 12.1. The summed E-state index contributed by atoms with van der Waals surface area (Å²) in [5.74, 6) is -2.30. The highest BCUT2D eigenvalue weighted by Gasteiger charge is 2.32. The Hall–Kier alpha value is -3.27. The van der Waals surface area contributed by atoms with E-state index in [0.717, 1.165) is 11.6 Å². The molecule has 0 spiro atoms. The number of rotatable bonds is 4. The number of carbonyl (C=O) groups is 2. The number of fused-ring (bicyclic) bond motifs is 1. The minimum Gasteiger partial charge on any atom is -0.473 e. The van der Waals surface area contributed by atoms with E-state index < -0.39 is 23.7 Å². The molecule has 0 bridgehead atoms. The van der Waals surface area contributed by atoms with Crippen LogP contribution in [0.2, 0.25) is 0 Å². The molecule has 0 aromatic heterocycles. The molecule has 7 nitrogen and oxygen atoms in total. The van der Waals surface area contributed by atoms with E-state index in [0.29, 0.717) is 18.0 Å². The number of alkyl halides is 3. The number of aliphatic carboxylic acids is 2. The fraction of sp³-hybridized carbons (Fsp3) is 0.222. The van der Waals surface area contributed by atoms with E-state index in [1.165, 1.54) is 12.1 Å². The first-order chi connectivity index (χ1) is 13.2. The minimum absolute atomic E-state index is 0.143. The van der Waals surface area contributed by atoms with Crippen molar-refractivity contribution in [3.63, 3.8) is 0 Å². The van der Waals surface area contributed by atoms with Crippen LogP contribution in [-0.4, -0.2) is 28.9 Å². The fourth-order valence-corrected chi connectivity index (χ4v) is 2.34. The molecular weight excluding hydrogens is 383 g/mol. The van der Waals surface area contributed by atoms with Crippen LogP contribution >= 0.6 is 0 Å². The van der Waals surface area contributed by atoms with Crippen molar-refractivity contribution in [3.05, 3.63) is 59.2 Å². The van der Waals surface area contributed by atoms with Gasteiger partial charge in [0.1, 0.15) is 0 Å². The average Bonchev–Trinajstić information content (AvgIpc) is 3.09. The van der Waals surface area contributed by atoms with E-state index in [-0.39, 0.29) is 18.9 Å². The highest BCUT2D eigenvalue weighted by Crippen LogP contribution is 2.33. The largest absolute Gasteiger partial charge is 0.473 e. The van der Waals surface area contributed by atoms with Crippen molar-refractivity contribution in [3.8, 4) is 11.5 Å². The van der Waals surface area contributed by atoms with Crippen LogP contribution in [0.15, 0.2) is 42.5 Å². The lowest BCUT2D eigenvalue weighted by Crippen LogP contribution is -2.17. The Morgan fingerprint density at radius 2 is 1.61 bits per heavy atom. The number of ether oxygens (including phenoxy) is 2.